The molecule has 2 aromatic rings. The molecule has 0 unspecified atom stereocenters. The van der Waals surface area contributed by atoms with Gasteiger partial charge in [-0.25, -0.2) is 4.98 Å². The maximum atomic E-state index is 13.6. The minimum absolute atomic E-state index is 0.0170. The fraction of sp³-hybridized carbons (Fsp3) is 0.652. The van der Waals surface area contributed by atoms with E-state index in [1.54, 1.807) is 11.8 Å². The maximum Gasteiger partial charge on any atom is 0.421 e. The molecule has 198 valence electrons. The molecule has 0 atom stereocenters. The predicted octanol–water partition coefficient (Wildman–Crippen LogP) is 3.40. The molecule has 2 saturated heterocycles. The van der Waals surface area contributed by atoms with Gasteiger partial charge in [0.1, 0.15) is 23.7 Å². The van der Waals surface area contributed by atoms with Crippen LogP contribution in [0.4, 0.5) is 30.8 Å². The topological polar surface area (TPSA) is 109 Å². The number of oxazole rings is 1. The number of carbonyl (C=O) groups excluding carboxylic acids is 1. The number of alkyl halides is 3. The Morgan fingerprint density at radius 2 is 1.94 bits per heavy atom. The van der Waals surface area contributed by atoms with E-state index < -0.39 is 11.7 Å². The van der Waals surface area contributed by atoms with Crippen molar-refractivity contribution in [3.63, 3.8) is 0 Å². The van der Waals surface area contributed by atoms with Crippen molar-refractivity contribution in [1.29, 1.82) is 0 Å². The van der Waals surface area contributed by atoms with Gasteiger partial charge in [-0.05, 0) is 52.7 Å². The summed E-state index contributed by atoms with van der Waals surface area (Å²) in [4.78, 5) is 28.4. The van der Waals surface area contributed by atoms with Crippen LogP contribution in [0.3, 0.4) is 0 Å². The van der Waals surface area contributed by atoms with Crippen molar-refractivity contribution >= 4 is 23.5 Å². The zero-order valence-corrected chi connectivity index (χ0v) is 20.5. The van der Waals surface area contributed by atoms with E-state index in [4.69, 9.17) is 9.15 Å². The number of hydrogen-bond acceptors (Lipinski definition) is 9. The molecule has 2 aliphatic heterocycles. The van der Waals surface area contributed by atoms with Gasteiger partial charge in [-0.2, -0.15) is 23.1 Å². The minimum Gasteiger partial charge on any atom is -0.443 e. The summed E-state index contributed by atoms with van der Waals surface area (Å²) in [7, 11) is 2.07. The third kappa shape index (κ3) is 6.64. The number of aromatic nitrogens is 3. The molecule has 0 radical (unpaired) electrons. The summed E-state index contributed by atoms with van der Waals surface area (Å²) in [5, 5.41) is 5.67. The summed E-state index contributed by atoms with van der Waals surface area (Å²) in [6.45, 7) is 5.40. The van der Waals surface area contributed by atoms with Gasteiger partial charge in [-0.15, -0.1) is 0 Å². The molecule has 0 saturated carbocycles. The van der Waals surface area contributed by atoms with E-state index in [-0.39, 0.29) is 36.7 Å². The van der Waals surface area contributed by atoms with Crippen molar-refractivity contribution in [3.05, 3.63) is 23.4 Å². The molecule has 36 heavy (non-hydrogen) atoms. The van der Waals surface area contributed by atoms with Gasteiger partial charge in [0.25, 0.3) is 0 Å². The largest absolute Gasteiger partial charge is 0.443 e. The highest BCUT2D eigenvalue weighted by Gasteiger charge is 2.35. The van der Waals surface area contributed by atoms with Crippen molar-refractivity contribution in [1.82, 2.24) is 24.8 Å². The average Bonchev–Trinajstić information content (AvgIpc) is 3.06. The second-order valence-corrected chi connectivity index (χ2v) is 9.18. The number of carbonyl (C=O) groups is 1. The monoisotopic (exact) mass is 511 g/mol. The molecule has 1 amide bonds. The van der Waals surface area contributed by atoms with Gasteiger partial charge in [-0.1, -0.05) is 0 Å². The van der Waals surface area contributed by atoms with Crippen molar-refractivity contribution in [2.45, 2.75) is 44.7 Å². The number of piperidine rings is 1. The molecule has 0 aromatic carbocycles. The normalized spacial score (nSPS) is 18.4. The zero-order chi connectivity index (χ0) is 25.7. The van der Waals surface area contributed by atoms with E-state index in [1.807, 2.05) is 0 Å². The Kier molecular flexibility index (Phi) is 8.29. The highest BCUT2D eigenvalue weighted by molar-refractivity contribution is 5.77. The molecule has 2 fully saturated rings. The second kappa shape index (κ2) is 11.4. The average molecular weight is 512 g/mol. The molecular formula is C23H32F3N7O3. The number of ether oxygens (including phenoxy) is 1. The van der Waals surface area contributed by atoms with Crippen LogP contribution in [-0.2, 0) is 15.7 Å². The third-order valence-corrected chi connectivity index (χ3v) is 6.40. The van der Waals surface area contributed by atoms with Crippen molar-refractivity contribution in [2.75, 3.05) is 63.6 Å². The van der Waals surface area contributed by atoms with Gasteiger partial charge in [0.05, 0.1) is 0 Å². The van der Waals surface area contributed by atoms with Gasteiger partial charge in [-0.3, -0.25) is 4.79 Å². The predicted molar refractivity (Wildman–Crippen MR) is 126 cm³/mol. The van der Waals surface area contributed by atoms with E-state index >= 15 is 0 Å². The number of amides is 1. The fourth-order valence-corrected chi connectivity index (χ4v) is 4.30. The number of anilines is 3. The van der Waals surface area contributed by atoms with E-state index in [9.17, 15) is 18.0 Å². The summed E-state index contributed by atoms with van der Waals surface area (Å²) < 4.78 is 51.7. The molecule has 4 heterocycles. The Labute approximate surface area is 207 Å². The van der Waals surface area contributed by atoms with Crippen molar-refractivity contribution in [2.24, 2.45) is 0 Å². The van der Waals surface area contributed by atoms with Crippen LogP contribution in [-0.4, -0.2) is 83.6 Å². The highest BCUT2D eigenvalue weighted by Crippen LogP contribution is 2.35. The molecule has 0 spiro atoms. The summed E-state index contributed by atoms with van der Waals surface area (Å²) in [5.74, 6) is 1.26. The third-order valence-electron chi connectivity index (χ3n) is 6.40. The van der Waals surface area contributed by atoms with Gasteiger partial charge in [0.15, 0.2) is 11.7 Å². The summed E-state index contributed by atoms with van der Waals surface area (Å²) in [5.41, 5.74) is -0.962. The zero-order valence-electron chi connectivity index (χ0n) is 20.5. The Morgan fingerprint density at radius 1 is 1.17 bits per heavy atom. The van der Waals surface area contributed by atoms with Crippen LogP contribution in [0, 0.1) is 6.92 Å². The summed E-state index contributed by atoms with van der Waals surface area (Å²) >= 11 is 0. The minimum atomic E-state index is -4.62. The fourth-order valence-electron chi connectivity index (χ4n) is 4.30. The van der Waals surface area contributed by atoms with Crippen molar-refractivity contribution < 1.29 is 27.1 Å². The number of halogens is 3. The number of nitrogens with zero attached hydrogens (tertiary/aromatic N) is 5. The van der Waals surface area contributed by atoms with Gasteiger partial charge < -0.3 is 29.6 Å². The summed E-state index contributed by atoms with van der Waals surface area (Å²) in [6, 6.07) is 0. The van der Waals surface area contributed by atoms with Crippen LogP contribution in [0.15, 0.2) is 10.6 Å². The molecular weight excluding hydrogens is 479 g/mol. The molecule has 10 nitrogen and oxygen atoms in total. The Bertz CT molecular complexity index is 1040. The molecule has 2 aromatic heterocycles. The molecule has 2 N–H and O–H groups in total. The highest BCUT2D eigenvalue weighted by atomic mass is 19.4. The van der Waals surface area contributed by atoms with Crippen LogP contribution in [0.5, 0.6) is 0 Å². The number of nitrogens with one attached hydrogen (secondary N) is 2. The molecule has 4 rings (SSSR count). The first-order valence-electron chi connectivity index (χ1n) is 12.2. The number of rotatable bonds is 8. The van der Waals surface area contributed by atoms with Crippen LogP contribution in [0.25, 0.3) is 0 Å². The van der Waals surface area contributed by atoms with Gasteiger partial charge in [0, 0.05) is 38.4 Å². The number of aryl methyl sites for hydroxylation is 1. The summed E-state index contributed by atoms with van der Waals surface area (Å²) in [6.07, 6.45) is -0.824. The lowest BCUT2D eigenvalue weighted by atomic mass is 9.97. The van der Waals surface area contributed by atoms with Crippen LogP contribution < -0.4 is 10.6 Å². The quantitative estimate of drug-likeness (QED) is 0.516. The van der Waals surface area contributed by atoms with E-state index in [1.165, 1.54) is 0 Å². The van der Waals surface area contributed by atoms with E-state index in [0.29, 0.717) is 43.6 Å². The Morgan fingerprint density at radius 3 is 2.69 bits per heavy atom. The lowest BCUT2D eigenvalue weighted by Crippen LogP contribution is -2.34. The number of likely N-dealkylation sites (tertiary alicyclic amines) is 1. The van der Waals surface area contributed by atoms with E-state index in [2.05, 4.69) is 37.5 Å². The van der Waals surface area contributed by atoms with Crippen LogP contribution in [0.2, 0.25) is 0 Å². The van der Waals surface area contributed by atoms with E-state index in [0.717, 1.165) is 38.5 Å². The lowest BCUT2D eigenvalue weighted by Gasteiger charge is -2.26. The van der Waals surface area contributed by atoms with Crippen molar-refractivity contribution in [3.8, 4) is 0 Å². The molecule has 0 aliphatic carbocycles. The first-order valence-corrected chi connectivity index (χ1v) is 12.2. The molecule has 0 bridgehead atoms. The smallest absolute Gasteiger partial charge is 0.421 e. The van der Waals surface area contributed by atoms with Gasteiger partial charge in [0.2, 0.25) is 11.9 Å². The Balaban J connectivity index is 1.41. The SMILES string of the molecule is Cc1oc(C2CCN(C)CC2)nc1Nc1ncc(C(F)(F)F)c(NCCCN2CCCOCC2=O)n1. The van der Waals surface area contributed by atoms with Crippen LogP contribution >= 0.6 is 0 Å². The first-order chi connectivity index (χ1) is 17.2. The van der Waals surface area contributed by atoms with Gasteiger partial charge >= 0.3 is 6.18 Å². The lowest BCUT2D eigenvalue weighted by molar-refractivity contribution is -0.137. The maximum absolute atomic E-state index is 13.6. The number of hydrogen-bond donors (Lipinski definition) is 2. The molecule has 2 aliphatic rings. The first kappa shape index (κ1) is 26.1. The Hall–Kier alpha value is -2.93. The molecule has 13 heteroatoms. The standard InChI is InChI=1S/C23H32F3N7O3/c1-15-19(29-21(36-15)16-5-10-32(2)11-6-16)30-22-28-13-17(23(24,25)26)20(31-22)27-7-3-8-33-9-4-12-35-14-18(33)34/h13,16H,3-12,14H2,1-2H3,(H2,27,28,30,31). The second-order valence-electron chi connectivity index (χ2n) is 9.18. The van der Waals surface area contributed by atoms with Crippen LogP contribution in [0.1, 0.15) is 48.8 Å².